The Morgan fingerprint density at radius 1 is 1.06 bits per heavy atom. The van der Waals surface area contributed by atoms with Crippen LogP contribution in [0.25, 0.3) is 28.0 Å². The predicted octanol–water partition coefficient (Wildman–Crippen LogP) is 5.03. The maximum Gasteiger partial charge on any atom is 0.314 e. The van der Waals surface area contributed by atoms with Gasteiger partial charge in [-0.1, -0.05) is 24.8 Å². The van der Waals surface area contributed by atoms with Gasteiger partial charge in [-0.05, 0) is 49.1 Å². The smallest absolute Gasteiger partial charge is 0.314 e. The number of aryl methyl sites for hydroxylation is 1. The predicted molar refractivity (Wildman–Crippen MR) is 130 cm³/mol. The maximum absolute atomic E-state index is 11.8. The van der Waals surface area contributed by atoms with Gasteiger partial charge in [-0.15, -0.1) is 0 Å². The third-order valence-electron chi connectivity index (χ3n) is 5.61. The van der Waals surface area contributed by atoms with Crippen LogP contribution in [0.4, 0.5) is 11.6 Å². The number of nitrogens with zero attached hydrogens (tertiary/aromatic N) is 5. The molecule has 4 aromatic rings. The molecule has 3 heterocycles. The Morgan fingerprint density at radius 3 is 2.50 bits per heavy atom. The van der Waals surface area contributed by atoms with Crippen molar-refractivity contribution >= 4 is 23.2 Å². The Labute approximate surface area is 197 Å². The normalized spacial score (nSPS) is 12.9. The molecule has 1 aliphatic rings. The third-order valence-corrected chi connectivity index (χ3v) is 5.61. The molecule has 0 unspecified atom stereocenters. The molecule has 0 amide bonds. The molecule has 1 aromatic carbocycles. The van der Waals surface area contributed by atoms with Gasteiger partial charge < -0.3 is 10.1 Å². The fourth-order valence-corrected chi connectivity index (χ4v) is 3.48. The van der Waals surface area contributed by atoms with Crippen LogP contribution in [0.1, 0.15) is 25.5 Å². The summed E-state index contributed by atoms with van der Waals surface area (Å²) in [6.45, 7) is 5.82. The van der Waals surface area contributed by atoms with Crippen molar-refractivity contribution in [1.82, 2.24) is 24.7 Å². The van der Waals surface area contributed by atoms with E-state index < -0.39 is 0 Å². The summed E-state index contributed by atoms with van der Waals surface area (Å²) in [4.78, 5) is 25.3. The van der Waals surface area contributed by atoms with E-state index in [0.29, 0.717) is 11.6 Å². The van der Waals surface area contributed by atoms with Crippen LogP contribution in [0.2, 0.25) is 0 Å². The molecule has 8 nitrogen and oxygen atoms in total. The van der Waals surface area contributed by atoms with E-state index >= 15 is 0 Å². The van der Waals surface area contributed by atoms with E-state index in [9.17, 15) is 4.79 Å². The van der Waals surface area contributed by atoms with E-state index in [1.165, 1.54) is 0 Å². The maximum atomic E-state index is 11.8. The number of rotatable bonds is 7. The van der Waals surface area contributed by atoms with Crippen molar-refractivity contribution in [2.75, 3.05) is 5.32 Å². The van der Waals surface area contributed by atoms with Crippen LogP contribution in [0, 0.1) is 5.92 Å². The van der Waals surface area contributed by atoms with E-state index in [-0.39, 0.29) is 11.9 Å². The molecule has 1 saturated carbocycles. The second-order valence-corrected chi connectivity index (χ2v) is 8.38. The Morgan fingerprint density at radius 2 is 1.82 bits per heavy atom. The van der Waals surface area contributed by atoms with Gasteiger partial charge in [0, 0.05) is 18.8 Å². The Bertz CT molecular complexity index is 1360. The molecule has 0 bridgehead atoms. The molecular weight excluding hydrogens is 428 g/mol. The SMILES string of the molecule is C=C(C)c1cncc(Nc2c(-c3ccc(-c4ccc(OC(=O)C5CC5)cc4)cn3)cnn2C)n1. The zero-order valence-electron chi connectivity index (χ0n) is 19.0. The standard InChI is InChI=1S/C26H24N6O2/c1-16(2)23-14-27-15-24(30-23)31-25-21(13-29-32(25)3)22-11-8-19(12-28-22)17-6-9-20(10-7-17)34-26(33)18-4-5-18/h6-15,18H,1,4-5H2,2-3H3,(H,30,31). The second kappa shape index (κ2) is 8.90. The summed E-state index contributed by atoms with van der Waals surface area (Å²) in [6.07, 6.45) is 8.78. The first-order valence-corrected chi connectivity index (χ1v) is 11.0. The van der Waals surface area contributed by atoms with Crippen molar-refractivity contribution in [2.24, 2.45) is 13.0 Å². The van der Waals surface area contributed by atoms with Crippen LogP contribution in [0.5, 0.6) is 5.75 Å². The summed E-state index contributed by atoms with van der Waals surface area (Å²) < 4.78 is 7.14. The average molecular weight is 453 g/mol. The van der Waals surface area contributed by atoms with E-state index in [4.69, 9.17) is 4.74 Å². The van der Waals surface area contributed by atoms with Crippen molar-refractivity contribution in [3.05, 3.63) is 73.5 Å². The molecule has 3 aromatic heterocycles. The molecule has 5 rings (SSSR count). The summed E-state index contributed by atoms with van der Waals surface area (Å²) >= 11 is 0. The van der Waals surface area contributed by atoms with Crippen LogP contribution in [-0.2, 0) is 11.8 Å². The quantitative estimate of drug-likeness (QED) is 0.310. The number of anilines is 2. The number of carbonyl (C=O) groups excluding carboxylic acids is 1. The van der Waals surface area contributed by atoms with Gasteiger partial charge in [-0.25, -0.2) is 4.98 Å². The van der Waals surface area contributed by atoms with Gasteiger partial charge in [0.25, 0.3) is 0 Å². The lowest BCUT2D eigenvalue weighted by Crippen LogP contribution is -2.09. The summed E-state index contributed by atoms with van der Waals surface area (Å²) in [5, 5.41) is 7.68. The molecule has 0 aliphatic heterocycles. The highest BCUT2D eigenvalue weighted by Crippen LogP contribution is 2.32. The van der Waals surface area contributed by atoms with Gasteiger partial charge in [0.15, 0.2) is 5.82 Å². The lowest BCUT2D eigenvalue weighted by molar-refractivity contribution is -0.135. The van der Waals surface area contributed by atoms with Gasteiger partial charge >= 0.3 is 5.97 Å². The van der Waals surface area contributed by atoms with Crippen molar-refractivity contribution in [3.63, 3.8) is 0 Å². The number of pyridine rings is 1. The van der Waals surface area contributed by atoms with Gasteiger partial charge in [-0.2, -0.15) is 5.10 Å². The number of hydrogen-bond acceptors (Lipinski definition) is 7. The fourth-order valence-electron chi connectivity index (χ4n) is 3.48. The highest BCUT2D eigenvalue weighted by molar-refractivity contribution is 5.78. The molecule has 1 N–H and O–H groups in total. The highest BCUT2D eigenvalue weighted by atomic mass is 16.5. The topological polar surface area (TPSA) is 94.8 Å². The monoisotopic (exact) mass is 452 g/mol. The third kappa shape index (κ3) is 4.56. The number of carbonyl (C=O) groups is 1. The van der Waals surface area contributed by atoms with Gasteiger partial charge in [0.2, 0.25) is 0 Å². The summed E-state index contributed by atoms with van der Waals surface area (Å²) in [7, 11) is 1.85. The highest BCUT2D eigenvalue weighted by Gasteiger charge is 2.31. The van der Waals surface area contributed by atoms with Crippen molar-refractivity contribution in [1.29, 1.82) is 0 Å². The van der Waals surface area contributed by atoms with Gasteiger partial charge in [0.05, 0.1) is 41.5 Å². The minimum Gasteiger partial charge on any atom is -0.426 e. The number of ether oxygens (including phenoxy) is 1. The van der Waals surface area contributed by atoms with Crippen LogP contribution < -0.4 is 10.1 Å². The minimum atomic E-state index is -0.142. The number of aromatic nitrogens is 5. The molecule has 34 heavy (non-hydrogen) atoms. The molecule has 0 spiro atoms. The van der Waals surface area contributed by atoms with E-state index in [1.807, 2.05) is 56.6 Å². The number of nitrogens with one attached hydrogen (secondary N) is 1. The zero-order chi connectivity index (χ0) is 23.7. The Hall–Kier alpha value is -4.33. The zero-order valence-corrected chi connectivity index (χ0v) is 19.0. The van der Waals surface area contributed by atoms with Gasteiger partial charge in [-0.3, -0.25) is 19.4 Å². The van der Waals surface area contributed by atoms with E-state index in [0.717, 1.165) is 52.3 Å². The summed E-state index contributed by atoms with van der Waals surface area (Å²) in [6, 6.07) is 11.4. The van der Waals surface area contributed by atoms with E-state index in [2.05, 4.69) is 31.9 Å². The van der Waals surface area contributed by atoms with Gasteiger partial charge in [0.1, 0.15) is 11.6 Å². The first-order chi connectivity index (χ1) is 16.5. The lowest BCUT2D eigenvalue weighted by Gasteiger charge is -2.10. The van der Waals surface area contributed by atoms with Crippen LogP contribution in [0.3, 0.4) is 0 Å². The largest absolute Gasteiger partial charge is 0.426 e. The molecule has 0 atom stereocenters. The van der Waals surface area contributed by atoms with Crippen molar-refractivity contribution in [2.45, 2.75) is 19.8 Å². The Kier molecular flexibility index (Phi) is 5.63. The minimum absolute atomic E-state index is 0.0744. The van der Waals surface area contributed by atoms with E-state index in [1.54, 1.807) is 23.3 Å². The first-order valence-electron chi connectivity index (χ1n) is 11.0. The van der Waals surface area contributed by atoms with Crippen LogP contribution in [0.15, 0.2) is 67.8 Å². The number of allylic oxidation sites excluding steroid dienone is 1. The molecule has 0 radical (unpaired) electrons. The lowest BCUT2D eigenvalue weighted by atomic mass is 10.1. The average Bonchev–Trinajstić information content (AvgIpc) is 3.65. The number of hydrogen-bond donors (Lipinski definition) is 1. The number of esters is 1. The number of benzene rings is 1. The summed E-state index contributed by atoms with van der Waals surface area (Å²) in [5.74, 6) is 1.86. The molecule has 0 saturated heterocycles. The first kappa shape index (κ1) is 21.5. The molecule has 8 heteroatoms. The molecule has 170 valence electrons. The molecule has 1 fully saturated rings. The Balaban J connectivity index is 1.34. The van der Waals surface area contributed by atoms with Crippen molar-refractivity contribution < 1.29 is 9.53 Å². The second-order valence-electron chi connectivity index (χ2n) is 8.38. The molecular formula is C26H24N6O2. The van der Waals surface area contributed by atoms with Crippen molar-refractivity contribution in [3.8, 4) is 28.1 Å². The summed E-state index contributed by atoms with van der Waals surface area (Å²) in [5.41, 5.74) is 5.14. The van der Waals surface area contributed by atoms with Crippen LogP contribution in [-0.4, -0.2) is 30.7 Å². The van der Waals surface area contributed by atoms with Crippen LogP contribution >= 0.6 is 0 Å². The fraction of sp³-hybridized carbons (Fsp3) is 0.192. The molecule has 1 aliphatic carbocycles.